The molecule has 0 saturated carbocycles. The average molecular weight is 409 g/mol. The number of nitrogens with one attached hydrogen (secondary N) is 1. The highest BCUT2D eigenvalue weighted by Crippen LogP contribution is 2.27. The zero-order chi connectivity index (χ0) is 21.5. The SMILES string of the molecule is COc1ccc(C(C)=NNC(=O)CCC(=O)N2CCCc3ccccc32)c(OC)c1. The molecule has 1 N–H and O–H groups in total. The molecule has 0 radical (unpaired) electrons. The number of amides is 2. The smallest absolute Gasteiger partial charge is 0.240 e. The lowest BCUT2D eigenvalue weighted by Gasteiger charge is -2.29. The molecule has 7 heteroatoms. The molecule has 1 heterocycles. The summed E-state index contributed by atoms with van der Waals surface area (Å²) in [4.78, 5) is 26.7. The van der Waals surface area contributed by atoms with Crippen LogP contribution in [-0.2, 0) is 16.0 Å². The number of carbonyl (C=O) groups excluding carboxylic acids is 2. The van der Waals surface area contributed by atoms with Crippen LogP contribution in [0.5, 0.6) is 11.5 Å². The Balaban J connectivity index is 1.57. The fraction of sp³-hybridized carbons (Fsp3) is 0.348. The maximum absolute atomic E-state index is 12.7. The summed E-state index contributed by atoms with van der Waals surface area (Å²) in [6.45, 7) is 2.46. The number of fused-ring (bicyclic) bond motifs is 1. The number of rotatable bonds is 7. The molecule has 7 nitrogen and oxygen atoms in total. The summed E-state index contributed by atoms with van der Waals surface area (Å²) in [5, 5.41) is 4.16. The Morgan fingerprint density at radius 3 is 2.67 bits per heavy atom. The number of ether oxygens (including phenoxy) is 2. The van der Waals surface area contributed by atoms with Gasteiger partial charge in [0, 0.05) is 36.7 Å². The largest absolute Gasteiger partial charge is 0.497 e. The monoisotopic (exact) mass is 409 g/mol. The van der Waals surface area contributed by atoms with Gasteiger partial charge in [-0.25, -0.2) is 5.43 Å². The van der Waals surface area contributed by atoms with Crippen molar-refractivity contribution in [1.82, 2.24) is 5.43 Å². The van der Waals surface area contributed by atoms with Crippen molar-refractivity contribution in [3.8, 4) is 11.5 Å². The molecule has 0 fully saturated rings. The van der Waals surface area contributed by atoms with Gasteiger partial charge in [0.2, 0.25) is 11.8 Å². The minimum absolute atomic E-state index is 0.0465. The van der Waals surface area contributed by atoms with Crippen molar-refractivity contribution in [2.75, 3.05) is 25.7 Å². The Kier molecular flexibility index (Phi) is 7.06. The second kappa shape index (κ2) is 9.91. The van der Waals surface area contributed by atoms with Gasteiger partial charge in [0.25, 0.3) is 0 Å². The lowest BCUT2D eigenvalue weighted by Crippen LogP contribution is -2.36. The lowest BCUT2D eigenvalue weighted by atomic mass is 10.0. The van der Waals surface area contributed by atoms with Crippen LogP contribution in [0.25, 0.3) is 0 Å². The highest BCUT2D eigenvalue weighted by molar-refractivity contribution is 6.02. The van der Waals surface area contributed by atoms with E-state index >= 15 is 0 Å². The van der Waals surface area contributed by atoms with Gasteiger partial charge >= 0.3 is 0 Å². The van der Waals surface area contributed by atoms with E-state index in [2.05, 4.69) is 10.5 Å². The van der Waals surface area contributed by atoms with Crippen molar-refractivity contribution >= 4 is 23.2 Å². The number of nitrogens with zero attached hydrogens (tertiary/aromatic N) is 2. The molecule has 0 aliphatic carbocycles. The Bertz CT molecular complexity index is 955. The van der Waals surface area contributed by atoms with Crippen LogP contribution in [0.15, 0.2) is 47.6 Å². The van der Waals surface area contributed by atoms with Crippen molar-refractivity contribution in [2.45, 2.75) is 32.6 Å². The summed E-state index contributed by atoms with van der Waals surface area (Å²) in [6, 6.07) is 13.3. The Hall–Kier alpha value is -3.35. The molecule has 3 rings (SSSR count). The number of para-hydroxylation sites is 1. The average Bonchev–Trinajstić information content (AvgIpc) is 2.80. The molecule has 2 aromatic carbocycles. The van der Waals surface area contributed by atoms with Gasteiger partial charge in [-0.15, -0.1) is 0 Å². The highest BCUT2D eigenvalue weighted by atomic mass is 16.5. The number of aryl methyl sites for hydroxylation is 1. The third kappa shape index (κ3) is 4.97. The number of carbonyl (C=O) groups is 2. The summed E-state index contributed by atoms with van der Waals surface area (Å²) >= 11 is 0. The number of anilines is 1. The first kappa shape index (κ1) is 21.4. The molecule has 158 valence electrons. The fourth-order valence-electron chi connectivity index (χ4n) is 3.51. The molecule has 0 atom stereocenters. The molecule has 2 aromatic rings. The quantitative estimate of drug-likeness (QED) is 0.562. The second-order valence-corrected chi connectivity index (χ2v) is 7.08. The van der Waals surface area contributed by atoms with Crippen LogP contribution >= 0.6 is 0 Å². The molecule has 1 aliphatic rings. The third-order valence-corrected chi connectivity index (χ3v) is 5.12. The van der Waals surface area contributed by atoms with Crippen molar-refractivity contribution < 1.29 is 19.1 Å². The number of hydrazone groups is 1. The Morgan fingerprint density at radius 2 is 1.90 bits per heavy atom. The van der Waals surface area contributed by atoms with E-state index in [1.807, 2.05) is 30.3 Å². The zero-order valence-corrected chi connectivity index (χ0v) is 17.6. The summed E-state index contributed by atoms with van der Waals surface area (Å²) in [7, 11) is 3.15. The van der Waals surface area contributed by atoms with Gasteiger partial charge in [-0.05, 0) is 43.5 Å². The molecular weight excluding hydrogens is 382 g/mol. The van der Waals surface area contributed by atoms with Crippen molar-refractivity contribution in [2.24, 2.45) is 5.10 Å². The molecule has 2 amide bonds. The predicted octanol–water partition coefficient (Wildman–Crippen LogP) is 3.30. The van der Waals surface area contributed by atoms with E-state index in [1.165, 1.54) is 5.56 Å². The summed E-state index contributed by atoms with van der Waals surface area (Å²) in [6.07, 6.45) is 2.13. The number of methoxy groups -OCH3 is 2. The molecule has 1 aliphatic heterocycles. The third-order valence-electron chi connectivity index (χ3n) is 5.12. The maximum atomic E-state index is 12.7. The summed E-state index contributed by atoms with van der Waals surface area (Å²) < 4.78 is 10.6. The Morgan fingerprint density at radius 1 is 1.10 bits per heavy atom. The van der Waals surface area contributed by atoms with E-state index < -0.39 is 0 Å². The lowest BCUT2D eigenvalue weighted by molar-refractivity contribution is -0.125. The first-order chi connectivity index (χ1) is 14.5. The topological polar surface area (TPSA) is 80.2 Å². The normalized spacial score (nSPS) is 13.4. The van der Waals surface area contributed by atoms with Crippen LogP contribution in [0.3, 0.4) is 0 Å². The van der Waals surface area contributed by atoms with Gasteiger partial charge in [-0.1, -0.05) is 18.2 Å². The number of hydrogen-bond acceptors (Lipinski definition) is 5. The molecular formula is C23H27N3O4. The van der Waals surface area contributed by atoms with Crippen molar-refractivity contribution in [3.63, 3.8) is 0 Å². The second-order valence-electron chi connectivity index (χ2n) is 7.08. The van der Waals surface area contributed by atoms with E-state index in [1.54, 1.807) is 38.2 Å². The van der Waals surface area contributed by atoms with Gasteiger partial charge in [0.1, 0.15) is 11.5 Å². The van der Waals surface area contributed by atoms with Crippen LogP contribution in [0.2, 0.25) is 0 Å². The molecule has 0 saturated heterocycles. The van der Waals surface area contributed by atoms with Gasteiger partial charge in [0.05, 0.1) is 19.9 Å². The van der Waals surface area contributed by atoms with Gasteiger partial charge in [-0.3, -0.25) is 9.59 Å². The van der Waals surface area contributed by atoms with Gasteiger partial charge in [-0.2, -0.15) is 5.10 Å². The minimum atomic E-state index is -0.305. The summed E-state index contributed by atoms with van der Waals surface area (Å²) in [5.74, 6) is 0.921. The van der Waals surface area contributed by atoms with Crippen molar-refractivity contribution in [3.05, 3.63) is 53.6 Å². The van der Waals surface area contributed by atoms with Crippen LogP contribution in [0.4, 0.5) is 5.69 Å². The molecule has 30 heavy (non-hydrogen) atoms. The first-order valence-corrected chi connectivity index (χ1v) is 9.97. The van der Waals surface area contributed by atoms with Crippen LogP contribution in [-0.4, -0.2) is 38.3 Å². The zero-order valence-electron chi connectivity index (χ0n) is 17.6. The van der Waals surface area contributed by atoms with Crippen LogP contribution in [0, 0.1) is 0 Å². The van der Waals surface area contributed by atoms with Crippen molar-refractivity contribution in [1.29, 1.82) is 0 Å². The first-order valence-electron chi connectivity index (χ1n) is 9.97. The number of benzene rings is 2. The highest BCUT2D eigenvalue weighted by Gasteiger charge is 2.22. The standard InChI is InChI=1S/C23H27N3O4/c1-16(19-11-10-18(29-2)15-21(19)30-3)24-25-22(27)12-13-23(28)26-14-6-8-17-7-4-5-9-20(17)26/h4-5,7,9-11,15H,6,8,12-14H2,1-3H3,(H,25,27). The Labute approximate surface area is 176 Å². The fourth-order valence-corrected chi connectivity index (χ4v) is 3.51. The maximum Gasteiger partial charge on any atom is 0.240 e. The molecule has 0 unspecified atom stereocenters. The van der Waals surface area contributed by atoms with Crippen LogP contribution in [0.1, 0.15) is 37.3 Å². The minimum Gasteiger partial charge on any atom is -0.497 e. The van der Waals surface area contributed by atoms with E-state index in [9.17, 15) is 9.59 Å². The molecule has 0 aromatic heterocycles. The number of hydrogen-bond donors (Lipinski definition) is 1. The van der Waals surface area contributed by atoms with Crippen LogP contribution < -0.4 is 19.8 Å². The summed E-state index contributed by atoms with van der Waals surface area (Å²) in [5.41, 5.74) is 6.01. The van der Waals surface area contributed by atoms with E-state index in [-0.39, 0.29) is 24.7 Å². The van der Waals surface area contributed by atoms with E-state index in [4.69, 9.17) is 9.47 Å². The van der Waals surface area contributed by atoms with E-state index in [0.29, 0.717) is 23.8 Å². The molecule has 0 spiro atoms. The van der Waals surface area contributed by atoms with Gasteiger partial charge < -0.3 is 14.4 Å². The molecule has 0 bridgehead atoms. The predicted molar refractivity (Wildman–Crippen MR) is 116 cm³/mol. The van der Waals surface area contributed by atoms with Gasteiger partial charge in [0.15, 0.2) is 0 Å². The van der Waals surface area contributed by atoms with E-state index in [0.717, 1.165) is 24.1 Å².